The highest BCUT2D eigenvalue weighted by molar-refractivity contribution is 7.90. The average Bonchev–Trinajstić information content (AvgIpc) is 2.87. The van der Waals surface area contributed by atoms with Crippen molar-refractivity contribution >= 4 is 27.3 Å². The van der Waals surface area contributed by atoms with Crippen molar-refractivity contribution in [3.8, 4) is 0 Å². The molecule has 24 heavy (non-hydrogen) atoms. The molecule has 0 aliphatic heterocycles. The standard InChI is InChI=1S/C17H15ClFNO3S/c1-24(22,23)16-7-3-11(9-14(16)19)17(21)20-15-6-2-10-8-12(18)4-5-13(10)15/h3-5,7-9,15H,2,6H2,1H3,(H,20,21)/t15-/m1/s1. The number of fused-ring (bicyclic) bond motifs is 1. The van der Waals surface area contributed by atoms with E-state index in [2.05, 4.69) is 5.32 Å². The quantitative estimate of drug-likeness (QED) is 0.905. The summed E-state index contributed by atoms with van der Waals surface area (Å²) >= 11 is 5.96. The number of nitrogens with one attached hydrogen (secondary N) is 1. The molecule has 4 nitrogen and oxygen atoms in total. The number of hydrogen-bond donors (Lipinski definition) is 1. The molecule has 2 aromatic carbocycles. The minimum absolute atomic E-state index is 0.0855. The molecule has 1 aliphatic rings. The molecule has 1 atom stereocenters. The van der Waals surface area contributed by atoms with Crippen LogP contribution in [0.15, 0.2) is 41.3 Å². The van der Waals surface area contributed by atoms with Crippen LogP contribution in [0.2, 0.25) is 5.02 Å². The molecule has 126 valence electrons. The minimum Gasteiger partial charge on any atom is -0.345 e. The van der Waals surface area contributed by atoms with E-state index in [-0.39, 0.29) is 11.6 Å². The number of carbonyl (C=O) groups excluding carboxylic acids is 1. The number of carbonyl (C=O) groups is 1. The Balaban J connectivity index is 1.81. The summed E-state index contributed by atoms with van der Waals surface area (Å²) in [5, 5.41) is 3.51. The maximum atomic E-state index is 13.9. The number of benzene rings is 2. The van der Waals surface area contributed by atoms with Gasteiger partial charge in [0.15, 0.2) is 9.84 Å². The monoisotopic (exact) mass is 367 g/mol. The van der Waals surface area contributed by atoms with Crippen LogP contribution in [0.25, 0.3) is 0 Å². The molecule has 3 rings (SSSR count). The largest absolute Gasteiger partial charge is 0.345 e. The SMILES string of the molecule is CS(=O)(=O)c1ccc(C(=O)N[C@@H]2CCc3cc(Cl)ccc32)cc1F. The Kier molecular flexibility index (Phi) is 4.36. The second-order valence-corrected chi connectivity index (χ2v) is 8.25. The van der Waals surface area contributed by atoms with E-state index >= 15 is 0 Å². The summed E-state index contributed by atoms with van der Waals surface area (Å²) in [6.07, 6.45) is 2.47. The summed E-state index contributed by atoms with van der Waals surface area (Å²) < 4.78 is 36.8. The van der Waals surface area contributed by atoms with E-state index < -0.39 is 26.5 Å². The van der Waals surface area contributed by atoms with Gasteiger partial charge in [-0.25, -0.2) is 12.8 Å². The van der Waals surface area contributed by atoms with Crippen LogP contribution in [0.3, 0.4) is 0 Å². The lowest BCUT2D eigenvalue weighted by molar-refractivity contribution is 0.0936. The fraction of sp³-hybridized carbons (Fsp3) is 0.235. The van der Waals surface area contributed by atoms with Crippen LogP contribution in [0.1, 0.15) is 33.9 Å². The lowest BCUT2D eigenvalue weighted by Gasteiger charge is -2.14. The molecule has 0 fully saturated rings. The summed E-state index contributed by atoms with van der Waals surface area (Å²) in [4.78, 5) is 11.9. The topological polar surface area (TPSA) is 63.2 Å². The van der Waals surface area contributed by atoms with Crippen molar-refractivity contribution in [1.29, 1.82) is 0 Å². The highest BCUT2D eigenvalue weighted by Gasteiger charge is 2.25. The first-order valence-corrected chi connectivity index (χ1v) is 9.61. The Morgan fingerprint density at radius 2 is 2.00 bits per heavy atom. The third-order valence-corrected chi connectivity index (χ3v) is 5.45. The smallest absolute Gasteiger partial charge is 0.251 e. The Labute approximate surface area is 144 Å². The Hall–Kier alpha value is -1.92. The first-order valence-electron chi connectivity index (χ1n) is 7.34. The molecule has 1 amide bonds. The highest BCUT2D eigenvalue weighted by atomic mass is 35.5. The molecule has 1 N–H and O–H groups in total. The number of amides is 1. The molecule has 0 saturated heterocycles. The second-order valence-electron chi connectivity index (χ2n) is 5.83. The van der Waals surface area contributed by atoms with Crippen LogP contribution in [-0.2, 0) is 16.3 Å². The lowest BCUT2D eigenvalue weighted by Crippen LogP contribution is -2.27. The van der Waals surface area contributed by atoms with Gasteiger partial charge in [-0.2, -0.15) is 0 Å². The number of sulfone groups is 1. The number of halogens is 2. The zero-order chi connectivity index (χ0) is 17.5. The highest BCUT2D eigenvalue weighted by Crippen LogP contribution is 2.33. The molecule has 7 heteroatoms. The van der Waals surface area contributed by atoms with E-state index in [0.717, 1.165) is 42.4 Å². The van der Waals surface area contributed by atoms with Gasteiger partial charge >= 0.3 is 0 Å². The molecule has 1 aliphatic carbocycles. The van der Waals surface area contributed by atoms with Crippen LogP contribution in [-0.4, -0.2) is 20.6 Å². The summed E-state index contributed by atoms with van der Waals surface area (Å²) in [7, 11) is -3.66. The molecule has 0 unspecified atom stereocenters. The predicted molar refractivity (Wildman–Crippen MR) is 89.5 cm³/mol. The van der Waals surface area contributed by atoms with Crippen molar-refractivity contribution in [2.24, 2.45) is 0 Å². The van der Waals surface area contributed by atoms with Crippen LogP contribution >= 0.6 is 11.6 Å². The molecule has 0 aromatic heterocycles. The van der Waals surface area contributed by atoms with Crippen molar-refractivity contribution in [2.45, 2.75) is 23.8 Å². The van der Waals surface area contributed by atoms with Crippen molar-refractivity contribution in [3.05, 3.63) is 63.9 Å². The van der Waals surface area contributed by atoms with Gasteiger partial charge in [-0.15, -0.1) is 0 Å². The van der Waals surface area contributed by atoms with Crippen LogP contribution in [0, 0.1) is 5.82 Å². The van der Waals surface area contributed by atoms with Crippen LogP contribution in [0.5, 0.6) is 0 Å². The molecule has 2 aromatic rings. The molecule has 0 spiro atoms. The van der Waals surface area contributed by atoms with Gasteiger partial charge in [-0.3, -0.25) is 4.79 Å². The van der Waals surface area contributed by atoms with Gasteiger partial charge in [0.05, 0.1) is 6.04 Å². The van der Waals surface area contributed by atoms with Gasteiger partial charge in [-0.05, 0) is 54.3 Å². The van der Waals surface area contributed by atoms with Crippen molar-refractivity contribution in [3.63, 3.8) is 0 Å². The summed E-state index contributed by atoms with van der Waals surface area (Å²) in [6.45, 7) is 0. The Morgan fingerprint density at radius 1 is 1.25 bits per heavy atom. The predicted octanol–water partition coefficient (Wildman–Crippen LogP) is 3.30. The van der Waals surface area contributed by atoms with Crippen LogP contribution in [0.4, 0.5) is 4.39 Å². The van der Waals surface area contributed by atoms with Crippen LogP contribution < -0.4 is 5.32 Å². The summed E-state index contributed by atoms with van der Waals surface area (Å²) in [5.41, 5.74) is 2.18. The average molecular weight is 368 g/mol. The molecular weight excluding hydrogens is 353 g/mol. The van der Waals surface area contributed by atoms with Gasteiger partial charge in [-0.1, -0.05) is 17.7 Å². The zero-order valence-corrected chi connectivity index (χ0v) is 14.4. The minimum atomic E-state index is -3.66. The molecule has 0 saturated carbocycles. The fourth-order valence-corrected chi connectivity index (χ4v) is 3.84. The summed E-state index contributed by atoms with van der Waals surface area (Å²) in [5.74, 6) is -1.37. The van der Waals surface area contributed by atoms with Crippen molar-refractivity contribution < 1.29 is 17.6 Å². The van der Waals surface area contributed by atoms with Gasteiger partial charge in [0.25, 0.3) is 5.91 Å². The van der Waals surface area contributed by atoms with E-state index in [9.17, 15) is 17.6 Å². The van der Waals surface area contributed by atoms with E-state index in [1.165, 1.54) is 6.07 Å². The first kappa shape index (κ1) is 16.9. The van der Waals surface area contributed by atoms with E-state index in [4.69, 9.17) is 11.6 Å². The number of aryl methyl sites for hydroxylation is 1. The van der Waals surface area contributed by atoms with Gasteiger partial charge in [0.2, 0.25) is 0 Å². The van der Waals surface area contributed by atoms with E-state index in [1.807, 2.05) is 12.1 Å². The summed E-state index contributed by atoms with van der Waals surface area (Å²) in [6, 6.07) is 8.73. The zero-order valence-electron chi connectivity index (χ0n) is 12.8. The second kappa shape index (κ2) is 6.18. The van der Waals surface area contributed by atoms with Crippen molar-refractivity contribution in [2.75, 3.05) is 6.26 Å². The Morgan fingerprint density at radius 3 is 2.67 bits per heavy atom. The Bertz CT molecular complexity index is 927. The van der Waals surface area contributed by atoms with E-state index in [0.29, 0.717) is 5.02 Å². The number of rotatable bonds is 3. The molecule has 0 bridgehead atoms. The van der Waals surface area contributed by atoms with Crippen molar-refractivity contribution in [1.82, 2.24) is 5.32 Å². The normalized spacial score (nSPS) is 16.7. The van der Waals surface area contributed by atoms with E-state index in [1.54, 1.807) is 6.07 Å². The molecule has 0 heterocycles. The molecular formula is C17H15ClFNO3S. The van der Waals surface area contributed by atoms with Gasteiger partial charge < -0.3 is 5.32 Å². The van der Waals surface area contributed by atoms with Gasteiger partial charge in [0, 0.05) is 16.8 Å². The number of hydrogen-bond acceptors (Lipinski definition) is 3. The first-order chi connectivity index (χ1) is 11.3. The fourth-order valence-electron chi connectivity index (χ4n) is 2.92. The maximum absolute atomic E-state index is 13.9. The third-order valence-electron chi connectivity index (χ3n) is 4.08. The maximum Gasteiger partial charge on any atom is 0.251 e. The molecule has 0 radical (unpaired) electrons. The lowest BCUT2D eigenvalue weighted by atomic mass is 10.1. The third kappa shape index (κ3) is 3.30. The van der Waals surface area contributed by atoms with Gasteiger partial charge in [0.1, 0.15) is 10.7 Å².